The maximum absolute atomic E-state index is 12.5. The van der Waals surface area contributed by atoms with Gasteiger partial charge in [-0.1, -0.05) is 11.6 Å². The third-order valence-electron chi connectivity index (χ3n) is 3.93. The summed E-state index contributed by atoms with van der Waals surface area (Å²) in [6, 6.07) is 2.96. The molecule has 2 aliphatic heterocycles. The van der Waals surface area contributed by atoms with Crippen LogP contribution in [0.15, 0.2) is 23.2 Å². The molecule has 22 heavy (non-hydrogen) atoms. The van der Waals surface area contributed by atoms with E-state index in [4.69, 9.17) is 21.1 Å². The lowest BCUT2D eigenvalue weighted by Crippen LogP contribution is -2.33. The van der Waals surface area contributed by atoms with Crippen molar-refractivity contribution in [2.45, 2.75) is 43.0 Å². The van der Waals surface area contributed by atoms with E-state index in [-0.39, 0.29) is 22.4 Å². The Morgan fingerprint density at radius 3 is 2.86 bits per heavy atom. The molecule has 0 radical (unpaired) electrons. The summed E-state index contributed by atoms with van der Waals surface area (Å²) in [5.41, 5.74) is 0. The fourth-order valence-electron chi connectivity index (χ4n) is 2.72. The molecule has 1 aromatic rings. The van der Waals surface area contributed by atoms with Gasteiger partial charge in [-0.25, -0.2) is 13.4 Å². The average Bonchev–Trinajstić information content (AvgIpc) is 2.98. The molecular formula is C14H19ClN2O4S. The van der Waals surface area contributed by atoms with E-state index in [0.717, 1.165) is 25.9 Å². The summed E-state index contributed by atoms with van der Waals surface area (Å²) in [6.45, 7) is 1.52. The highest BCUT2D eigenvalue weighted by Gasteiger charge is 2.34. The molecule has 6 nitrogen and oxygen atoms in total. The summed E-state index contributed by atoms with van der Waals surface area (Å²) < 4.78 is 37.9. The number of ether oxygens (including phenoxy) is 2. The molecule has 0 N–H and O–H groups in total. The van der Waals surface area contributed by atoms with Crippen molar-refractivity contribution in [3.63, 3.8) is 0 Å². The summed E-state index contributed by atoms with van der Waals surface area (Å²) in [6.07, 6.45) is 4.70. The number of aromatic nitrogens is 1. The minimum atomic E-state index is -3.54. The van der Waals surface area contributed by atoms with Crippen LogP contribution in [-0.4, -0.2) is 49.8 Å². The Morgan fingerprint density at radius 1 is 1.32 bits per heavy atom. The number of hydrogen-bond acceptors (Lipinski definition) is 5. The normalized spacial score (nSPS) is 27.1. The molecule has 2 atom stereocenters. The van der Waals surface area contributed by atoms with E-state index >= 15 is 0 Å². The van der Waals surface area contributed by atoms with Crippen molar-refractivity contribution in [2.75, 3.05) is 19.7 Å². The number of halogens is 1. The summed E-state index contributed by atoms with van der Waals surface area (Å²) in [4.78, 5) is 4.00. The third-order valence-corrected chi connectivity index (χ3v) is 6.00. The Hall–Kier alpha value is -0.730. The van der Waals surface area contributed by atoms with Crippen molar-refractivity contribution in [3.8, 4) is 0 Å². The van der Waals surface area contributed by atoms with Gasteiger partial charge in [-0.3, -0.25) is 0 Å². The maximum Gasteiger partial charge on any atom is 0.244 e. The summed E-state index contributed by atoms with van der Waals surface area (Å²) >= 11 is 5.70. The lowest BCUT2D eigenvalue weighted by Gasteiger charge is -2.26. The number of sulfonamides is 1. The quantitative estimate of drug-likeness (QED) is 0.780. The molecule has 3 heterocycles. The Morgan fingerprint density at radius 2 is 2.18 bits per heavy atom. The van der Waals surface area contributed by atoms with Gasteiger partial charge < -0.3 is 9.47 Å². The van der Waals surface area contributed by atoms with Crippen molar-refractivity contribution in [1.82, 2.24) is 9.29 Å². The van der Waals surface area contributed by atoms with Crippen molar-refractivity contribution in [3.05, 3.63) is 23.5 Å². The maximum atomic E-state index is 12.5. The van der Waals surface area contributed by atoms with Crippen LogP contribution in [0.2, 0.25) is 5.15 Å². The third kappa shape index (κ3) is 3.60. The SMILES string of the molecule is O=S(=O)(c1ccc(Cl)nc1)N1CC[C@H](OC2CCCCO2)C1. The zero-order valence-electron chi connectivity index (χ0n) is 12.2. The van der Waals surface area contributed by atoms with Gasteiger partial charge in [0.25, 0.3) is 0 Å². The fourth-order valence-corrected chi connectivity index (χ4v) is 4.27. The van der Waals surface area contributed by atoms with Crippen LogP contribution >= 0.6 is 11.6 Å². The molecule has 2 aliphatic rings. The second-order valence-corrected chi connectivity index (χ2v) is 7.85. The van der Waals surface area contributed by atoms with E-state index < -0.39 is 10.0 Å². The van der Waals surface area contributed by atoms with Crippen molar-refractivity contribution < 1.29 is 17.9 Å². The molecule has 0 saturated carbocycles. The molecular weight excluding hydrogens is 328 g/mol. The summed E-state index contributed by atoms with van der Waals surface area (Å²) in [5.74, 6) is 0. The van der Waals surface area contributed by atoms with Gasteiger partial charge in [0.15, 0.2) is 6.29 Å². The van der Waals surface area contributed by atoms with Crippen LogP contribution < -0.4 is 0 Å². The van der Waals surface area contributed by atoms with Crippen LogP contribution in [0, 0.1) is 0 Å². The first-order valence-corrected chi connectivity index (χ1v) is 9.26. The van der Waals surface area contributed by atoms with Crippen molar-refractivity contribution in [1.29, 1.82) is 0 Å². The van der Waals surface area contributed by atoms with E-state index in [1.54, 1.807) is 0 Å². The summed E-state index contributed by atoms with van der Waals surface area (Å²) in [7, 11) is -3.54. The summed E-state index contributed by atoms with van der Waals surface area (Å²) in [5, 5.41) is 0.274. The molecule has 1 unspecified atom stereocenters. The zero-order valence-corrected chi connectivity index (χ0v) is 13.7. The molecule has 8 heteroatoms. The van der Waals surface area contributed by atoms with E-state index in [9.17, 15) is 8.42 Å². The number of nitrogens with zero attached hydrogens (tertiary/aromatic N) is 2. The standard InChI is InChI=1S/C14H19ClN2O4S/c15-13-5-4-12(9-16-13)22(18,19)17-7-6-11(10-17)21-14-3-1-2-8-20-14/h4-5,9,11,14H,1-3,6-8,10H2/t11-,14?/m0/s1. The molecule has 0 aliphatic carbocycles. The molecule has 0 bridgehead atoms. The first-order chi connectivity index (χ1) is 10.6. The topological polar surface area (TPSA) is 68.7 Å². The van der Waals surface area contributed by atoms with Gasteiger partial charge in [-0.05, 0) is 37.8 Å². The first-order valence-electron chi connectivity index (χ1n) is 7.44. The van der Waals surface area contributed by atoms with Crippen LogP contribution in [0.5, 0.6) is 0 Å². The molecule has 122 valence electrons. The number of rotatable bonds is 4. The highest BCUT2D eigenvalue weighted by Crippen LogP contribution is 2.25. The number of hydrogen-bond donors (Lipinski definition) is 0. The minimum absolute atomic E-state index is 0.113. The van der Waals surface area contributed by atoms with Gasteiger partial charge in [0.05, 0.1) is 6.10 Å². The second kappa shape index (κ2) is 6.80. The molecule has 0 aromatic carbocycles. The Balaban J connectivity index is 1.62. The fraction of sp³-hybridized carbons (Fsp3) is 0.643. The van der Waals surface area contributed by atoms with Gasteiger partial charge in [0.2, 0.25) is 10.0 Å². The van der Waals surface area contributed by atoms with Gasteiger partial charge in [-0.2, -0.15) is 4.31 Å². The molecule has 2 saturated heterocycles. The molecule has 3 rings (SSSR count). The van der Waals surface area contributed by atoms with E-state index in [0.29, 0.717) is 19.5 Å². The van der Waals surface area contributed by atoms with Crippen LogP contribution in [0.1, 0.15) is 25.7 Å². The van der Waals surface area contributed by atoms with E-state index in [1.807, 2.05) is 0 Å². The highest BCUT2D eigenvalue weighted by atomic mass is 35.5. The lowest BCUT2D eigenvalue weighted by molar-refractivity contribution is -0.184. The minimum Gasteiger partial charge on any atom is -0.353 e. The van der Waals surface area contributed by atoms with Crippen molar-refractivity contribution in [2.24, 2.45) is 0 Å². The largest absolute Gasteiger partial charge is 0.353 e. The Kier molecular flexibility index (Phi) is 4.99. The van der Waals surface area contributed by atoms with E-state index in [1.165, 1.54) is 22.6 Å². The smallest absolute Gasteiger partial charge is 0.244 e. The van der Waals surface area contributed by atoms with Gasteiger partial charge in [-0.15, -0.1) is 0 Å². The lowest BCUT2D eigenvalue weighted by atomic mass is 10.2. The predicted octanol–water partition coefficient (Wildman–Crippen LogP) is 2.04. The van der Waals surface area contributed by atoms with E-state index in [2.05, 4.69) is 4.98 Å². The molecule has 1 aromatic heterocycles. The number of pyridine rings is 1. The highest BCUT2D eigenvalue weighted by molar-refractivity contribution is 7.89. The first kappa shape index (κ1) is 16.1. The second-order valence-electron chi connectivity index (χ2n) is 5.52. The monoisotopic (exact) mass is 346 g/mol. The Bertz CT molecular complexity index is 602. The molecule has 0 spiro atoms. The predicted molar refractivity (Wildman–Crippen MR) is 81.1 cm³/mol. The van der Waals surface area contributed by atoms with Crippen LogP contribution in [0.4, 0.5) is 0 Å². The average molecular weight is 347 g/mol. The van der Waals surface area contributed by atoms with Crippen LogP contribution in [0.3, 0.4) is 0 Å². The zero-order chi connectivity index (χ0) is 15.6. The van der Waals surface area contributed by atoms with Gasteiger partial charge in [0.1, 0.15) is 10.0 Å². The van der Waals surface area contributed by atoms with Crippen LogP contribution in [0.25, 0.3) is 0 Å². The molecule has 0 amide bonds. The molecule has 2 fully saturated rings. The van der Waals surface area contributed by atoms with Gasteiger partial charge >= 0.3 is 0 Å². The van der Waals surface area contributed by atoms with Gasteiger partial charge in [0, 0.05) is 25.9 Å². The Labute approximate surface area is 135 Å². The van der Waals surface area contributed by atoms with Crippen molar-refractivity contribution >= 4 is 21.6 Å². The van der Waals surface area contributed by atoms with Crippen LogP contribution in [-0.2, 0) is 19.5 Å².